The summed E-state index contributed by atoms with van der Waals surface area (Å²) in [5, 5.41) is 9.45. The van der Waals surface area contributed by atoms with Gasteiger partial charge in [0.2, 0.25) is 0 Å². The van der Waals surface area contributed by atoms with Crippen molar-refractivity contribution in [2.45, 2.75) is 49.9 Å². The number of hydrogen-bond acceptors (Lipinski definition) is 2. The lowest BCUT2D eigenvalue weighted by atomic mass is 9.69. The van der Waals surface area contributed by atoms with Gasteiger partial charge in [0.25, 0.3) is 0 Å². The summed E-state index contributed by atoms with van der Waals surface area (Å²) in [7, 11) is 0. The average molecular weight is 206 g/mol. The van der Waals surface area contributed by atoms with Crippen LogP contribution in [-0.4, -0.2) is 21.7 Å². The highest BCUT2D eigenvalue weighted by Crippen LogP contribution is 2.43. The van der Waals surface area contributed by atoms with Crippen LogP contribution in [0.2, 0.25) is 0 Å². The number of H-pyrrole nitrogens is 1. The third-order valence-corrected chi connectivity index (χ3v) is 4.26. The smallest absolute Gasteiger partial charge is 0.114 e. The van der Waals surface area contributed by atoms with E-state index in [-0.39, 0.29) is 12.0 Å². The molecule has 0 spiro atoms. The van der Waals surface area contributed by atoms with Gasteiger partial charge in [0.15, 0.2) is 0 Å². The highest BCUT2D eigenvalue weighted by atomic mass is 16.3. The van der Waals surface area contributed by atoms with E-state index < -0.39 is 0 Å². The summed E-state index contributed by atoms with van der Waals surface area (Å²) in [4.78, 5) is 7.91. The number of aliphatic hydroxyl groups is 1. The molecule has 1 aromatic heterocycles. The third kappa shape index (κ3) is 1.33. The Labute approximate surface area is 89.9 Å². The Morgan fingerprint density at radius 3 is 2.67 bits per heavy atom. The van der Waals surface area contributed by atoms with Crippen molar-refractivity contribution in [2.75, 3.05) is 6.61 Å². The summed E-state index contributed by atoms with van der Waals surface area (Å²) in [6.07, 6.45) is 9.32. The van der Waals surface area contributed by atoms with E-state index in [1.807, 2.05) is 6.20 Å². The molecule has 2 aliphatic rings. The second-order valence-corrected chi connectivity index (χ2v) is 5.11. The number of aliphatic hydroxyl groups excluding tert-OH is 1. The van der Waals surface area contributed by atoms with E-state index in [1.54, 1.807) is 0 Å². The summed E-state index contributed by atoms with van der Waals surface area (Å²) in [6.45, 7) is 0.241. The SMILES string of the molecule is OCC1(c2ncc(C3CCC3)[nH]2)CCC1. The van der Waals surface area contributed by atoms with Crippen molar-refractivity contribution in [1.29, 1.82) is 0 Å². The van der Waals surface area contributed by atoms with Crippen LogP contribution in [0.3, 0.4) is 0 Å². The van der Waals surface area contributed by atoms with Gasteiger partial charge in [-0.15, -0.1) is 0 Å². The lowest BCUT2D eigenvalue weighted by Gasteiger charge is -2.38. The number of rotatable bonds is 3. The largest absolute Gasteiger partial charge is 0.395 e. The number of nitrogens with one attached hydrogen (secondary N) is 1. The normalized spacial score (nSPS) is 24.6. The van der Waals surface area contributed by atoms with Crippen LogP contribution in [0.25, 0.3) is 0 Å². The van der Waals surface area contributed by atoms with Crippen molar-refractivity contribution in [3.63, 3.8) is 0 Å². The van der Waals surface area contributed by atoms with Gasteiger partial charge in [0.1, 0.15) is 5.82 Å². The van der Waals surface area contributed by atoms with Gasteiger partial charge >= 0.3 is 0 Å². The Hall–Kier alpha value is -0.830. The Morgan fingerprint density at radius 1 is 1.40 bits per heavy atom. The summed E-state index contributed by atoms with van der Waals surface area (Å²) in [5.74, 6) is 1.74. The van der Waals surface area contributed by atoms with Gasteiger partial charge in [0.05, 0.1) is 12.0 Å². The van der Waals surface area contributed by atoms with Crippen LogP contribution in [0, 0.1) is 0 Å². The molecule has 0 unspecified atom stereocenters. The molecule has 3 heteroatoms. The Balaban J connectivity index is 1.82. The molecule has 1 aromatic rings. The molecular formula is C12H18N2O. The maximum atomic E-state index is 9.45. The lowest BCUT2D eigenvalue weighted by Crippen LogP contribution is -2.39. The second-order valence-electron chi connectivity index (χ2n) is 5.11. The van der Waals surface area contributed by atoms with Crippen molar-refractivity contribution in [3.05, 3.63) is 17.7 Å². The molecule has 3 rings (SSSR count). The molecule has 0 aliphatic heterocycles. The zero-order chi connectivity index (χ0) is 10.3. The molecule has 3 nitrogen and oxygen atoms in total. The standard InChI is InChI=1S/C12H18N2O/c15-8-12(5-2-6-12)11-13-7-10(14-11)9-3-1-4-9/h7,9,15H,1-6,8H2,(H,13,14). The highest BCUT2D eigenvalue weighted by Gasteiger charge is 2.41. The van der Waals surface area contributed by atoms with E-state index in [2.05, 4.69) is 9.97 Å². The maximum Gasteiger partial charge on any atom is 0.114 e. The fourth-order valence-corrected chi connectivity index (χ4v) is 2.60. The van der Waals surface area contributed by atoms with E-state index in [4.69, 9.17) is 0 Å². The lowest BCUT2D eigenvalue weighted by molar-refractivity contribution is 0.113. The molecule has 2 fully saturated rings. The minimum atomic E-state index is -0.0258. The fourth-order valence-electron chi connectivity index (χ4n) is 2.60. The number of aromatic nitrogens is 2. The van der Waals surface area contributed by atoms with Crippen LogP contribution >= 0.6 is 0 Å². The van der Waals surface area contributed by atoms with Gasteiger partial charge in [-0.25, -0.2) is 4.98 Å². The first kappa shape index (κ1) is 9.40. The van der Waals surface area contributed by atoms with Crippen LogP contribution in [0.15, 0.2) is 6.20 Å². The second kappa shape index (κ2) is 3.34. The third-order valence-electron chi connectivity index (χ3n) is 4.26. The number of aromatic amines is 1. The predicted molar refractivity (Wildman–Crippen MR) is 57.8 cm³/mol. The number of nitrogens with zero attached hydrogens (tertiary/aromatic N) is 1. The number of imidazole rings is 1. The minimum Gasteiger partial charge on any atom is -0.395 e. The summed E-state index contributed by atoms with van der Waals surface area (Å²) >= 11 is 0. The predicted octanol–water partition coefficient (Wildman–Crippen LogP) is 2.09. The minimum absolute atomic E-state index is 0.0258. The van der Waals surface area contributed by atoms with Gasteiger partial charge < -0.3 is 10.1 Å². The van der Waals surface area contributed by atoms with Crippen LogP contribution in [0.1, 0.15) is 56.0 Å². The summed E-state index contributed by atoms with van der Waals surface area (Å²) in [5.41, 5.74) is 1.26. The monoisotopic (exact) mass is 206 g/mol. The van der Waals surface area contributed by atoms with E-state index in [1.165, 1.54) is 31.4 Å². The Morgan fingerprint density at radius 2 is 2.20 bits per heavy atom. The molecule has 2 aliphatic carbocycles. The van der Waals surface area contributed by atoms with Crippen molar-refractivity contribution in [2.24, 2.45) is 0 Å². The molecule has 0 radical (unpaired) electrons. The van der Waals surface area contributed by atoms with Crippen molar-refractivity contribution in [3.8, 4) is 0 Å². The zero-order valence-corrected chi connectivity index (χ0v) is 9.00. The average Bonchev–Trinajstić information content (AvgIpc) is 2.50. The molecule has 15 heavy (non-hydrogen) atoms. The molecule has 0 atom stereocenters. The fraction of sp³-hybridized carbons (Fsp3) is 0.750. The first-order valence-corrected chi connectivity index (χ1v) is 6.00. The molecule has 0 amide bonds. The molecule has 1 heterocycles. The van der Waals surface area contributed by atoms with E-state index in [9.17, 15) is 5.11 Å². The topological polar surface area (TPSA) is 48.9 Å². The van der Waals surface area contributed by atoms with Gasteiger partial charge in [0, 0.05) is 17.8 Å². The first-order chi connectivity index (χ1) is 7.34. The summed E-state index contributed by atoms with van der Waals surface area (Å²) < 4.78 is 0. The molecule has 2 N–H and O–H groups in total. The van der Waals surface area contributed by atoms with Gasteiger partial charge in [-0.05, 0) is 25.7 Å². The van der Waals surface area contributed by atoms with Crippen molar-refractivity contribution < 1.29 is 5.11 Å². The number of hydrogen-bond donors (Lipinski definition) is 2. The highest BCUT2D eigenvalue weighted by molar-refractivity contribution is 5.19. The summed E-state index contributed by atoms with van der Waals surface area (Å²) in [6, 6.07) is 0. The molecule has 82 valence electrons. The first-order valence-electron chi connectivity index (χ1n) is 6.00. The van der Waals surface area contributed by atoms with E-state index >= 15 is 0 Å². The van der Waals surface area contributed by atoms with Crippen LogP contribution < -0.4 is 0 Å². The quantitative estimate of drug-likeness (QED) is 0.795. The molecule has 0 aromatic carbocycles. The Bertz CT molecular complexity index is 345. The van der Waals surface area contributed by atoms with E-state index in [0.717, 1.165) is 18.7 Å². The Kier molecular flexibility index (Phi) is 2.09. The molecule has 0 saturated heterocycles. The van der Waals surface area contributed by atoms with E-state index in [0.29, 0.717) is 5.92 Å². The van der Waals surface area contributed by atoms with Crippen molar-refractivity contribution in [1.82, 2.24) is 9.97 Å². The van der Waals surface area contributed by atoms with Crippen molar-refractivity contribution >= 4 is 0 Å². The van der Waals surface area contributed by atoms with Gasteiger partial charge in [-0.1, -0.05) is 12.8 Å². The van der Waals surface area contributed by atoms with Gasteiger partial charge in [-0.3, -0.25) is 0 Å². The van der Waals surface area contributed by atoms with Gasteiger partial charge in [-0.2, -0.15) is 0 Å². The van der Waals surface area contributed by atoms with Crippen LogP contribution in [0.4, 0.5) is 0 Å². The molecule has 2 saturated carbocycles. The molecular weight excluding hydrogens is 188 g/mol. The van der Waals surface area contributed by atoms with Crippen LogP contribution in [-0.2, 0) is 5.41 Å². The van der Waals surface area contributed by atoms with Crippen LogP contribution in [0.5, 0.6) is 0 Å². The molecule has 0 bridgehead atoms. The zero-order valence-electron chi connectivity index (χ0n) is 9.00. The maximum absolute atomic E-state index is 9.45.